The van der Waals surface area contributed by atoms with E-state index >= 15 is 0 Å². The first-order valence-electron chi connectivity index (χ1n) is 44.1. The first kappa shape index (κ1) is 84.3. The second-order valence-electron chi connectivity index (χ2n) is 33.0. The van der Waals surface area contributed by atoms with Crippen LogP contribution in [0.15, 0.2) is 485 Å². The van der Waals surface area contributed by atoms with Crippen molar-refractivity contribution in [3.05, 3.63) is 496 Å². The first-order chi connectivity index (χ1) is 62.9. The minimum atomic E-state index is -1.87. The molecule has 18 aromatic rings. The lowest BCUT2D eigenvalue weighted by atomic mass is 10.0. The highest BCUT2D eigenvalue weighted by molar-refractivity contribution is 6.90. The van der Waals surface area contributed by atoms with Crippen LogP contribution in [0.3, 0.4) is 0 Å². The van der Waals surface area contributed by atoms with E-state index in [0.717, 1.165) is 158 Å². The molecule has 0 radical (unpaired) electrons. The molecule has 6 nitrogen and oxygen atoms in total. The third-order valence-corrected chi connectivity index (χ3v) is 30.4. The molecule has 0 aliphatic carbocycles. The Balaban J connectivity index is 0.000000182. The normalized spacial score (nSPS) is 11.0. The Kier molecular flexibility index (Phi) is 26.2. The molecule has 0 amide bonds. The highest BCUT2D eigenvalue weighted by atomic mass is 28.3. The van der Waals surface area contributed by atoms with Crippen LogP contribution in [-0.4, -0.2) is 8.07 Å². The van der Waals surface area contributed by atoms with Gasteiger partial charge < -0.3 is 29.4 Å². The maximum Gasteiger partial charge on any atom is 0.146 e. The quantitative estimate of drug-likeness (QED) is 0.0417. The van der Waals surface area contributed by atoms with Gasteiger partial charge >= 0.3 is 0 Å². The molecule has 18 rings (SSSR count). The summed E-state index contributed by atoms with van der Waals surface area (Å²) in [6.45, 7) is 14.2. The van der Waals surface area contributed by atoms with Crippen LogP contribution in [0.5, 0.6) is 0 Å². The molecule has 0 saturated carbocycles. The second kappa shape index (κ2) is 39.7. The van der Waals surface area contributed by atoms with Gasteiger partial charge in [0.25, 0.3) is 0 Å². The van der Waals surface area contributed by atoms with Gasteiger partial charge in [-0.25, -0.2) is 0 Å². The summed E-state index contributed by atoms with van der Waals surface area (Å²) in [6.07, 6.45) is 5.74. The van der Waals surface area contributed by atoms with Gasteiger partial charge in [-0.1, -0.05) is 296 Å². The average Bonchev–Trinajstić information content (AvgIpc) is 0.777. The van der Waals surface area contributed by atoms with Crippen LogP contribution in [0.2, 0.25) is 16.6 Å². The lowest BCUT2D eigenvalue weighted by molar-refractivity contribution is 0.838. The SMILES string of the molecule is C#Cc1ccc(N(c2ccc(-c3ccc(N(c4ccccc4)c4ccccc4)cc3)cc2)c2ccc(-c3ccc(N(c4ccccc4)c4ccccc4)cc3)cc2)cc1.CC(C)[Si](C#Cc1ccc(N(c2ccc(-c3ccc(N(c4ccccc4)c4ccccc4)cc3)cc2)c2ccc(-c3ccc(N(c4ccccc4)c4ccccc4)cc3)cc2)cc1)(C(C)C)C(C)C. The summed E-state index contributed by atoms with van der Waals surface area (Å²) in [5.41, 5.74) is 36.6. The summed E-state index contributed by atoms with van der Waals surface area (Å²) in [5.74, 6) is 6.43. The molecule has 0 saturated heterocycles. The monoisotopic (exact) mass is 1670 g/mol. The van der Waals surface area contributed by atoms with E-state index in [1.807, 2.05) is 12.1 Å². The van der Waals surface area contributed by atoms with Gasteiger partial charge in [-0.15, -0.1) is 12.0 Å². The van der Waals surface area contributed by atoms with Crippen molar-refractivity contribution in [3.63, 3.8) is 0 Å². The largest absolute Gasteiger partial charge is 0.311 e. The van der Waals surface area contributed by atoms with Gasteiger partial charge in [0.1, 0.15) is 8.07 Å². The number of terminal acetylenes is 1. The van der Waals surface area contributed by atoms with Crippen LogP contribution < -0.4 is 29.4 Å². The molecule has 18 aromatic carbocycles. The maximum atomic E-state index is 5.74. The Hall–Kier alpha value is -15.9. The van der Waals surface area contributed by atoms with E-state index in [9.17, 15) is 0 Å². The molecule has 0 N–H and O–H groups in total. The molecule has 0 spiro atoms. The van der Waals surface area contributed by atoms with Crippen LogP contribution in [0.25, 0.3) is 44.5 Å². The number of anilines is 18. The van der Waals surface area contributed by atoms with Gasteiger partial charge in [0.05, 0.1) is 0 Å². The summed E-state index contributed by atoms with van der Waals surface area (Å²) in [7, 11) is -1.87. The van der Waals surface area contributed by atoms with Crippen LogP contribution in [0, 0.1) is 23.8 Å². The smallest absolute Gasteiger partial charge is 0.146 e. The topological polar surface area (TPSA) is 19.4 Å². The molecule has 7 heteroatoms. The molecule has 0 fully saturated rings. The maximum absolute atomic E-state index is 5.74. The third-order valence-electron chi connectivity index (χ3n) is 24.2. The van der Waals surface area contributed by atoms with Crippen molar-refractivity contribution in [2.75, 3.05) is 29.4 Å². The number of hydrogen-bond donors (Lipinski definition) is 0. The van der Waals surface area contributed by atoms with E-state index in [0.29, 0.717) is 16.6 Å². The molecule has 0 heterocycles. The van der Waals surface area contributed by atoms with Crippen molar-refractivity contribution in [2.24, 2.45) is 0 Å². The Morgan fingerprint density at radius 3 is 0.422 bits per heavy atom. The van der Waals surface area contributed by atoms with Gasteiger partial charge in [0, 0.05) is 113 Å². The standard InChI is InChI=1S/C65H61N3Si.C56H41N3/c1-49(2)69(50(3)4,51(5)6)48-47-52-27-37-61(38-28-52)68(64-43-33-55(34-44-64)53-29-39-62(40-30-53)66(57-19-11-7-12-20-57)58-21-13-8-14-22-58)65-45-35-56(36-46-65)54-31-41-63(42-32-54)67(59-23-15-9-16-24-59)60-25-17-10-18-26-60;1-2-43-23-33-52(34-24-43)59(55-39-29-46(30-40-55)44-25-35-53(36-26-44)57(48-15-7-3-8-16-48)49-17-9-4-10-18-49)56-41-31-47(32-42-56)45-27-37-54(38-28-45)58(50-19-11-5-12-20-50)51-21-13-6-14-22-51/h7-46,49-51H,1-6H3;1,3-42H. The summed E-state index contributed by atoms with van der Waals surface area (Å²) in [5, 5.41) is 0. The van der Waals surface area contributed by atoms with E-state index < -0.39 is 8.07 Å². The lowest BCUT2D eigenvalue weighted by Gasteiger charge is -2.38. The Morgan fingerprint density at radius 2 is 0.289 bits per heavy atom. The summed E-state index contributed by atoms with van der Waals surface area (Å²) >= 11 is 0. The Morgan fingerprint density at radius 1 is 0.164 bits per heavy atom. The van der Waals surface area contributed by atoms with Crippen LogP contribution >= 0.6 is 0 Å². The molecule has 0 aromatic heterocycles. The average molecular weight is 1670 g/mol. The Bertz CT molecular complexity index is 6160. The molecular formula is C121H102N6Si. The summed E-state index contributed by atoms with van der Waals surface area (Å²) < 4.78 is 0. The fraction of sp³-hybridized carbons (Fsp3) is 0.0744. The summed E-state index contributed by atoms with van der Waals surface area (Å²) in [6, 6.07) is 172. The highest BCUT2D eigenvalue weighted by Crippen LogP contribution is 2.46. The number of rotatable bonds is 25. The Labute approximate surface area is 757 Å². The fourth-order valence-corrected chi connectivity index (χ4v) is 23.0. The second-order valence-corrected chi connectivity index (χ2v) is 38.5. The van der Waals surface area contributed by atoms with Crippen molar-refractivity contribution >= 4 is 110 Å². The minimum Gasteiger partial charge on any atom is -0.311 e. The van der Waals surface area contributed by atoms with E-state index in [-0.39, 0.29) is 0 Å². The number of nitrogens with zero attached hydrogens (tertiary/aromatic N) is 6. The molecule has 0 atom stereocenters. The zero-order chi connectivity index (χ0) is 87.6. The van der Waals surface area contributed by atoms with Crippen molar-refractivity contribution in [1.82, 2.24) is 0 Å². The van der Waals surface area contributed by atoms with Gasteiger partial charge in [0.15, 0.2) is 0 Å². The molecule has 0 bridgehead atoms. The molecule has 0 unspecified atom stereocenters. The third kappa shape index (κ3) is 19.1. The van der Waals surface area contributed by atoms with E-state index in [1.165, 1.54) is 0 Å². The zero-order valence-electron chi connectivity index (χ0n) is 73.2. The molecule has 620 valence electrons. The molecular weight excluding hydrogens is 1570 g/mol. The van der Waals surface area contributed by atoms with Crippen molar-refractivity contribution in [2.45, 2.75) is 58.2 Å². The molecule has 0 aliphatic heterocycles. The van der Waals surface area contributed by atoms with E-state index in [2.05, 4.69) is 562 Å². The number of para-hydroxylation sites is 8. The van der Waals surface area contributed by atoms with Gasteiger partial charge in [-0.2, -0.15) is 0 Å². The van der Waals surface area contributed by atoms with Crippen LogP contribution in [0.1, 0.15) is 52.7 Å². The van der Waals surface area contributed by atoms with Crippen LogP contribution in [-0.2, 0) is 0 Å². The van der Waals surface area contributed by atoms with E-state index in [4.69, 9.17) is 6.42 Å². The highest BCUT2D eigenvalue weighted by Gasteiger charge is 2.42. The molecule has 128 heavy (non-hydrogen) atoms. The zero-order valence-corrected chi connectivity index (χ0v) is 74.2. The fourth-order valence-electron chi connectivity index (χ4n) is 17.7. The molecule has 0 aliphatic rings. The predicted octanol–water partition coefficient (Wildman–Crippen LogP) is 34.4. The first-order valence-corrected chi connectivity index (χ1v) is 46.4. The lowest BCUT2D eigenvalue weighted by Crippen LogP contribution is -2.43. The van der Waals surface area contributed by atoms with Crippen LogP contribution in [0.4, 0.5) is 102 Å². The predicted molar refractivity (Wildman–Crippen MR) is 549 cm³/mol. The summed E-state index contributed by atoms with van der Waals surface area (Å²) in [4.78, 5) is 13.8. The van der Waals surface area contributed by atoms with Gasteiger partial charge in [-0.05, 0) is 304 Å². The minimum absolute atomic E-state index is 0.582. The van der Waals surface area contributed by atoms with Gasteiger partial charge in [-0.3, -0.25) is 0 Å². The van der Waals surface area contributed by atoms with E-state index in [1.54, 1.807) is 0 Å². The van der Waals surface area contributed by atoms with Crippen molar-refractivity contribution < 1.29 is 0 Å². The van der Waals surface area contributed by atoms with Crippen molar-refractivity contribution in [1.29, 1.82) is 0 Å². The number of benzene rings is 18. The number of hydrogen-bond acceptors (Lipinski definition) is 6. The van der Waals surface area contributed by atoms with Gasteiger partial charge in [0.2, 0.25) is 0 Å². The van der Waals surface area contributed by atoms with Crippen molar-refractivity contribution in [3.8, 4) is 68.3 Å².